The van der Waals surface area contributed by atoms with E-state index in [1.54, 1.807) is 7.05 Å². The predicted octanol–water partition coefficient (Wildman–Crippen LogP) is 0.0111. The Hall–Kier alpha value is -0.820. The molecule has 6 nitrogen and oxygen atoms in total. The average Bonchev–Trinajstić information content (AvgIpc) is 2.29. The maximum atomic E-state index is 11.0. The summed E-state index contributed by atoms with van der Waals surface area (Å²) in [5, 5.41) is 6.23. The normalized spacial score (nSPS) is 14.3. The van der Waals surface area contributed by atoms with Gasteiger partial charge in [0.25, 0.3) is 0 Å². The number of nitrogens with zero attached hydrogens (tertiary/aromatic N) is 1. The molecule has 1 atom stereocenters. The number of aliphatic imine (C=N–C) groups is 1. The van der Waals surface area contributed by atoms with Gasteiger partial charge in [0.05, 0.1) is 12.4 Å². The van der Waals surface area contributed by atoms with Crippen molar-refractivity contribution in [2.45, 2.75) is 26.3 Å². The predicted molar refractivity (Wildman–Crippen MR) is 74.8 cm³/mol. The zero-order valence-electron chi connectivity index (χ0n) is 11.7. The summed E-state index contributed by atoms with van der Waals surface area (Å²) >= 11 is 0. The Morgan fingerprint density at radius 1 is 1.44 bits per heavy atom. The first-order valence-electron chi connectivity index (χ1n) is 6.11. The molecule has 0 amide bonds. The topological polar surface area (TPSA) is 79.8 Å². The number of rotatable bonds is 8. The van der Waals surface area contributed by atoms with E-state index in [0.29, 0.717) is 32.1 Å². The van der Waals surface area contributed by atoms with E-state index in [-0.39, 0.29) is 11.8 Å². The van der Waals surface area contributed by atoms with Gasteiger partial charge in [-0.3, -0.25) is 4.99 Å². The molecule has 18 heavy (non-hydrogen) atoms. The van der Waals surface area contributed by atoms with Crippen LogP contribution < -0.4 is 10.6 Å². The number of nitrogens with one attached hydrogen (secondary N) is 2. The van der Waals surface area contributed by atoms with Crippen molar-refractivity contribution >= 4 is 15.8 Å². The first-order chi connectivity index (χ1) is 8.39. The molecule has 1 unspecified atom stereocenters. The summed E-state index contributed by atoms with van der Waals surface area (Å²) in [6.07, 6.45) is 1.81. The molecule has 0 aromatic rings. The van der Waals surface area contributed by atoms with Gasteiger partial charge in [0.15, 0.2) is 5.96 Å². The van der Waals surface area contributed by atoms with Gasteiger partial charge in [-0.05, 0) is 20.3 Å². The van der Waals surface area contributed by atoms with Gasteiger partial charge in [-0.1, -0.05) is 0 Å². The minimum absolute atomic E-state index is 0.0537. The van der Waals surface area contributed by atoms with Gasteiger partial charge in [-0.25, -0.2) is 8.42 Å². The highest BCUT2D eigenvalue weighted by Gasteiger charge is 2.09. The number of ether oxygens (including phenoxy) is 1. The van der Waals surface area contributed by atoms with Crippen LogP contribution in [0.3, 0.4) is 0 Å². The van der Waals surface area contributed by atoms with Gasteiger partial charge in [-0.2, -0.15) is 0 Å². The molecule has 0 radical (unpaired) electrons. The van der Waals surface area contributed by atoms with Gasteiger partial charge in [-0.15, -0.1) is 0 Å². The van der Waals surface area contributed by atoms with E-state index in [1.165, 1.54) is 6.26 Å². The minimum Gasteiger partial charge on any atom is -0.380 e. The molecule has 0 aromatic carbocycles. The second-order valence-corrected chi connectivity index (χ2v) is 6.42. The lowest BCUT2D eigenvalue weighted by Crippen LogP contribution is -2.43. The van der Waals surface area contributed by atoms with Crippen LogP contribution in [0.4, 0.5) is 0 Å². The lowest BCUT2D eigenvalue weighted by Gasteiger charge is -2.17. The molecule has 7 heteroatoms. The van der Waals surface area contributed by atoms with Crippen LogP contribution in [-0.2, 0) is 14.6 Å². The van der Waals surface area contributed by atoms with Crippen molar-refractivity contribution in [2.75, 3.05) is 38.8 Å². The Morgan fingerprint density at radius 3 is 2.61 bits per heavy atom. The van der Waals surface area contributed by atoms with Gasteiger partial charge in [0.1, 0.15) is 9.84 Å². The molecule has 0 fully saturated rings. The summed E-state index contributed by atoms with van der Waals surface area (Å²) < 4.78 is 27.3. The Kier molecular flexibility index (Phi) is 8.74. The van der Waals surface area contributed by atoms with E-state index in [9.17, 15) is 8.42 Å². The quantitative estimate of drug-likeness (QED) is 0.372. The molecule has 0 aromatic heterocycles. The Bertz CT molecular complexity index is 341. The van der Waals surface area contributed by atoms with Crippen LogP contribution in [0.15, 0.2) is 4.99 Å². The van der Waals surface area contributed by atoms with Gasteiger partial charge >= 0.3 is 0 Å². The highest BCUT2D eigenvalue weighted by molar-refractivity contribution is 7.90. The second kappa shape index (κ2) is 9.16. The van der Waals surface area contributed by atoms with Crippen molar-refractivity contribution < 1.29 is 13.2 Å². The van der Waals surface area contributed by atoms with Crippen LogP contribution in [0.1, 0.15) is 20.3 Å². The molecule has 0 aliphatic heterocycles. The molecule has 0 bridgehead atoms. The molecule has 0 rings (SSSR count). The third-order valence-electron chi connectivity index (χ3n) is 2.27. The fourth-order valence-corrected chi connectivity index (χ4v) is 2.06. The summed E-state index contributed by atoms with van der Waals surface area (Å²) in [7, 11) is -1.23. The molecule has 2 N–H and O–H groups in total. The van der Waals surface area contributed by atoms with Crippen molar-refractivity contribution in [3.63, 3.8) is 0 Å². The largest absolute Gasteiger partial charge is 0.380 e. The smallest absolute Gasteiger partial charge is 0.191 e. The van der Waals surface area contributed by atoms with Crippen molar-refractivity contribution in [3.05, 3.63) is 0 Å². The van der Waals surface area contributed by atoms with Crippen LogP contribution in [0.2, 0.25) is 0 Å². The van der Waals surface area contributed by atoms with Gasteiger partial charge in [0.2, 0.25) is 0 Å². The van der Waals surface area contributed by atoms with E-state index in [0.717, 1.165) is 0 Å². The maximum absolute atomic E-state index is 11.0. The van der Waals surface area contributed by atoms with Crippen molar-refractivity contribution in [1.29, 1.82) is 0 Å². The Morgan fingerprint density at radius 2 is 2.11 bits per heavy atom. The first kappa shape index (κ1) is 17.2. The molecule has 0 aliphatic carbocycles. The molecule has 0 spiro atoms. The number of hydrogen-bond donors (Lipinski definition) is 2. The molecular formula is C11H25N3O3S. The van der Waals surface area contributed by atoms with Crippen LogP contribution in [-0.4, -0.2) is 59.2 Å². The lowest BCUT2D eigenvalue weighted by molar-refractivity contribution is 0.152. The van der Waals surface area contributed by atoms with Crippen molar-refractivity contribution in [1.82, 2.24) is 10.6 Å². The molecule has 0 heterocycles. The highest BCUT2D eigenvalue weighted by atomic mass is 32.2. The van der Waals surface area contributed by atoms with E-state index < -0.39 is 9.84 Å². The number of sulfone groups is 1. The van der Waals surface area contributed by atoms with E-state index >= 15 is 0 Å². The fourth-order valence-electron chi connectivity index (χ4n) is 1.28. The number of hydrogen-bond acceptors (Lipinski definition) is 4. The fraction of sp³-hybridized carbons (Fsp3) is 0.909. The van der Waals surface area contributed by atoms with Gasteiger partial charge in [0, 0.05) is 32.5 Å². The maximum Gasteiger partial charge on any atom is 0.191 e. The summed E-state index contributed by atoms with van der Waals surface area (Å²) in [4.78, 5) is 4.06. The zero-order valence-corrected chi connectivity index (χ0v) is 12.5. The van der Waals surface area contributed by atoms with Crippen LogP contribution in [0, 0.1) is 0 Å². The van der Waals surface area contributed by atoms with Crippen LogP contribution >= 0.6 is 0 Å². The van der Waals surface area contributed by atoms with E-state index in [4.69, 9.17) is 4.74 Å². The van der Waals surface area contributed by atoms with Crippen molar-refractivity contribution in [2.24, 2.45) is 4.99 Å². The lowest BCUT2D eigenvalue weighted by atomic mass is 10.3. The average molecular weight is 279 g/mol. The van der Waals surface area contributed by atoms with Gasteiger partial charge < -0.3 is 15.4 Å². The Balaban J connectivity index is 3.91. The third-order valence-corrected chi connectivity index (χ3v) is 3.25. The summed E-state index contributed by atoms with van der Waals surface area (Å²) in [5.74, 6) is 0.840. The zero-order chi connectivity index (χ0) is 14.0. The first-order valence-corrected chi connectivity index (χ1v) is 8.17. The van der Waals surface area contributed by atoms with E-state index in [2.05, 4.69) is 15.6 Å². The summed E-state index contributed by atoms with van der Waals surface area (Å²) in [6, 6.07) is 0.0537. The standard InChI is InChI=1S/C11H25N3O3S/c1-5-17-8-7-13-11(12-3)14-10(2)6-9-18(4,15)16/h10H,5-9H2,1-4H3,(H2,12,13,14). The number of guanidine groups is 1. The second-order valence-electron chi connectivity index (χ2n) is 4.16. The van der Waals surface area contributed by atoms with Crippen LogP contribution in [0.5, 0.6) is 0 Å². The molecule has 0 saturated carbocycles. The van der Waals surface area contributed by atoms with Crippen LogP contribution in [0.25, 0.3) is 0 Å². The minimum atomic E-state index is -2.91. The summed E-state index contributed by atoms with van der Waals surface area (Å²) in [6.45, 7) is 5.86. The molecule has 0 aliphatic rings. The highest BCUT2D eigenvalue weighted by Crippen LogP contribution is 1.95. The third kappa shape index (κ3) is 10.3. The van der Waals surface area contributed by atoms with Crippen molar-refractivity contribution in [3.8, 4) is 0 Å². The monoisotopic (exact) mass is 279 g/mol. The molecule has 108 valence electrons. The summed E-state index contributed by atoms with van der Waals surface area (Å²) in [5.41, 5.74) is 0. The Labute approximate surface area is 110 Å². The SMILES string of the molecule is CCOCCNC(=NC)NC(C)CCS(C)(=O)=O. The van der Waals surface area contributed by atoms with E-state index in [1.807, 2.05) is 13.8 Å². The molecule has 0 saturated heterocycles. The molecular weight excluding hydrogens is 254 g/mol.